The normalized spacial score (nSPS) is 13.9. The molecule has 3 rings (SSSR count). The Kier molecular flexibility index (Phi) is 1.70. The Morgan fingerprint density at radius 3 is 2.93 bits per heavy atom. The highest BCUT2D eigenvalue weighted by Crippen LogP contribution is 2.27. The molecule has 3 heteroatoms. The molecule has 0 atom stereocenters. The van der Waals surface area contributed by atoms with Crippen molar-refractivity contribution in [2.24, 2.45) is 4.99 Å². The topological polar surface area (TPSA) is 25.2 Å². The van der Waals surface area contributed by atoms with Crippen molar-refractivity contribution in [2.75, 3.05) is 0 Å². The molecule has 0 amide bonds. The summed E-state index contributed by atoms with van der Waals surface area (Å²) in [6.45, 7) is 0. The molecule has 0 radical (unpaired) electrons. The van der Waals surface area contributed by atoms with Crippen LogP contribution in [0.3, 0.4) is 0 Å². The molecule has 0 saturated heterocycles. The number of aliphatic imine (C=N–C) groups is 1. The average Bonchev–Trinajstić information content (AvgIpc) is 2.86. The highest BCUT2D eigenvalue weighted by Gasteiger charge is 2.15. The van der Waals surface area contributed by atoms with Crippen LogP contribution in [0.2, 0.25) is 0 Å². The zero-order valence-corrected chi connectivity index (χ0v) is 8.29. The van der Waals surface area contributed by atoms with Crippen LogP contribution in [0, 0.1) is 0 Å². The number of rotatable bonds is 1. The minimum absolute atomic E-state index is 0.917. The Morgan fingerprint density at radius 2 is 2.14 bits per heavy atom. The van der Waals surface area contributed by atoms with Crippen LogP contribution in [-0.2, 0) is 6.42 Å². The third-order valence-electron chi connectivity index (χ3n) is 2.33. The fraction of sp³-hybridized carbons (Fsp3) is 0.0909. The minimum atomic E-state index is 0.917. The van der Waals surface area contributed by atoms with Crippen LogP contribution in [0.1, 0.15) is 11.3 Å². The quantitative estimate of drug-likeness (QED) is 0.695. The molecule has 2 heterocycles. The summed E-state index contributed by atoms with van der Waals surface area (Å²) in [6, 6.07) is 8.25. The lowest BCUT2D eigenvalue weighted by molar-refractivity contribution is 1.32. The van der Waals surface area contributed by atoms with Gasteiger partial charge in [-0.05, 0) is 11.6 Å². The first kappa shape index (κ1) is 7.88. The predicted molar refractivity (Wildman–Crippen MR) is 58.5 cm³/mol. The van der Waals surface area contributed by atoms with Crippen molar-refractivity contribution in [3.63, 3.8) is 0 Å². The molecule has 68 valence electrons. The molecule has 1 aromatic heterocycles. The Hall–Kier alpha value is -1.48. The van der Waals surface area contributed by atoms with Crippen LogP contribution in [0.5, 0.6) is 0 Å². The van der Waals surface area contributed by atoms with Gasteiger partial charge in [-0.15, -0.1) is 11.3 Å². The van der Waals surface area contributed by atoms with Gasteiger partial charge in [0.1, 0.15) is 0 Å². The van der Waals surface area contributed by atoms with Gasteiger partial charge >= 0.3 is 0 Å². The van der Waals surface area contributed by atoms with Gasteiger partial charge in [-0.2, -0.15) is 0 Å². The maximum absolute atomic E-state index is 4.55. The largest absolute Gasteiger partial charge is 0.251 e. The summed E-state index contributed by atoms with van der Waals surface area (Å²) < 4.78 is 0. The average molecular weight is 200 g/mol. The molecule has 2 nitrogen and oxygen atoms in total. The van der Waals surface area contributed by atoms with Gasteiger partial charge in [-0.1, -0.05) is 18.2 Å². The summed E-state index contributed by atoms with van der Waals surface area (Å²) in [5, 5.41) is 2.05. The summed E-state index contributed by atoms with van der Waals surface area (Å²) >= 11 is 1.61. The maximum atomic E-state index is 4.55. The summed E-state index contributed by atoms with van der Waals surface area (Å²) in [6.07, 6.45) is 0.917. The molecule has 0 spiro atoms. The molecule has 0 fully saturated rings. The molecule has 0 unspecified atom stereocenters. The Bertz CT molecular complexity index is 486. The standard InChI is InChI=1S/C11H8N2S/c1-2-4-9-8(3-1)5-10(13-9)11-6-14-7-12-11/h1-4,6-7H,5H2. The minimum Gasteiger partial charge on any atom is -0.251 e. The lowest BCUT2D eigenvalue weighted by atomic mass is 10.1. The van der Waals surface area contributed by atoms with E-state index in [1.165, 1.54) is 5.56 Å². The Balaban J connectivity index is 2.04. The monoisotopic (exact) mass is 200 g/mol. The third-order valence-corrected chi connectivity index (χ3v) is 2.92. The number of nitrogens with zero attached hydrogens (tertiary/aromatic N) is 2. The van der Waals surface area contributed by atoms with Crippen LogP contribution >= 0.6 is 11.3 Å². The molecule has 1 aromatic carbocycles. The van der Waals surface area contributed by atoms with Crippen molar-refractivity contribution in [3.8, 4) is 0 Å². The van der Waals surface area contributed by atoms with E-state index in [1.54, 1.807) is 11.3 Å². The van der Waals surface area contributed by atoms with Crippen molar-refractivity contribution in [2.45, 2.75) is 6.42 Å². The predicted octanol–water partition coefficient (Wildman–Crippen LogP) is 2.82. The number of thiazole rings is 1. The number of hydrogen-bond donors (Lipinski definition) is 0. The molecule has 1 aliphatic rings. The molecule has 14 heavy (non-hydrogen) atoms. The summed E-state index contributed by atoms with van der Waals surface area (Å²) in [5.74, 6) is 0. The molecular weight excluding hydrogens is 192 g/mol. The van der Waals surface area contributed by atoms with E-state index in [0.717, 1.165) is 23.5 Å². The fourth-order valence-electron chi connectivity index (χ4n) is 1.64. The first-order valence-corrected chi connectivity index (χ1v) is 5.42. The second kappa shape index (κ2) is 3.03. The van der Waals surface area contributed by atoms with Gasteiger partial charge in [0.05, 0.1) is 22.6 Å². The Labute approximate surface area is 86.0 Å². The van der Waals surface area contributed by atoms with E-state index in [1.807, 2.05) is 17.0 Å². The first-order chi connectivity index (χ1) is 6.93. The van der Waals surface area contributed by atoms with Gasteiger partial charge in [0, 0.05) is 11.8 Å². The number of benzene rings is 1. The van der Waals surface area contributed by atoms with Crippen LogP contribution in [-0.4, -0.2) is 10.7 Å². The van der Waals surface area contributed by atoms with E-state index < -0.39 is 0 Å². The van der Waals surface area contributed by atoms with Crippen LogP contribution in [0.25, 0.3) is 0 Å². The second-order valence-corrected chi connectivity index (χ2v) is 3.96. The highest BCUT2D eigenvalue weighted by atomic mass is 32.1. The second-order valence-electron chi connectivity index (χ2n) is 3.24. The van der Waals surface area contributed by atoms with Crippen molar-refractivity contribution in [1.82, 2.24) is 4.98 Å². The Morgan fingerprint density at radius 1 is 1.21 bits per heavy atom. The molecule has 1 aliphatic heterocycles. The number of fused-ring (bicyclic) bond motifs is 1. The molecule has 0 N–H and O–H groups in total. The molecule has 2 aromatic rings. The van der Waals surface area contributed by atoms with Crippen LogP contribution in [0.4, 0.5) is 5.69 Å². The smallest absolute Gasteiger partial charge is 0.0957 e. The van der Waals surface area contributed by atoms with Crippen LogP contribution in [0.15, 0.2) is 40.1 Å². The zero-order chi connectivity index (χ0) is 9.38. The summed E-state index contributed by atoms with van der Waals surface area (Å²) in [5.41, 5.74) is 6.35. The van der Waals surface area contributed by atoms with Gasteiger partial charge in [0.15, 0.2) is 0 Å². The van der Waals surface area contributed by atoms with E-state index in [0.29, 0.717) is 0 Å². The van der Waals surface area contributed by atoms with Gasteiger partial charge in [-0.3, -0.25) is 4.99 Å². The van der Waals surface area contributed by atoms with E-state index in [9.17, 15) is 0 Å². The summed E-state index contributed by atoms with van der Waals surface area (Å²) in [7, 11) is 0. The van der Waals surface area contributed by atoms with Gasteiger partial charge < -0.3 is 0 Å². The SMILES string of the molecule is c1ccc2c(c1)CC(c1cscn1)=N2. The molecule has 0 bridgehead atoms. The molecule has 0 aliphatic carbocycles. The fourth-order valence-corrected chi connectivity index (χ4v) is 2.20. The van der Waals surface area contributed by atoms with Gasteiger partial charge in [0.25, 0.3) is 0 Å². The van der Waals surface area contributed by atoms with Gasteiger partial charge in [-0.25, -0.2) is 4.98 Å². The van der Waals surface area contributed by atoms with E-state index in [2.05, 4.69) is 28.2 Å². The van der Waals surface area contributed by atoms with Crippen molar-refractivity contribution in [1.29, 1.82) is 0 Å². The lowest BCUT2D eigenvalue weighted by Gasteiger charge is -1.93. The zero-order valence-electron chi connectivity index (χ0n) is 7.47. The van der Waals surface area contributed by atoms with Gasteiger partial charge in [0.2, 0.25) is 0 Å². The lowest BCUT2D eigenvalue weighted by Crippen LogP contribution is -1.99. The van der Waals surface area contributed by atoms with E-state index in [-0.39, 0.29) is 0 Å². The number of aromatic nitrogens is 1. The van der Waals surface area contributed by atoms with Crippen LogP contribution < -0.4 is 0 Å². The van der Waals surface area contributed by atoms with E-state index in [4.69, 9.17) is 0 Å². The van der Waals surface area contributed by atoms with Crippen molar-refractivity contribution in [3.05, 3.63) is 46.4 Å². The van der Waals surface area contributed by atoms with Crippen molar-refractivity contribution < 1.29 is 0 Å². The maximum Gasteiger partial charge on any atom is 0.0957 e. The number of para-hydroxylation sites is 1. The molecule has 0 saturated carbocycles. The number of hydrogen-bond acceptors (Lipinski definition) is 3. The van der Waals surface area contributed by atoms with Crippen molar-refractivity contribution >= 4 is 22.7 Å². The molecular formula is C11H8N2S. The first-order valence-electron chi connectivity index (χ1n) is 4.47. The third kappa shape index (κ3) is 1.17. The highest BCUT2D eigenvalue weighted by molar-refractivity contribution is 7.07. The summed E-state index contributed by atoms with van der Waals surface area (Å²) in [4.78, 5) is 8.82. The van der Waals surface area contributed by atoms with E-state index >= 15 is 0 Å².